The van der Waals surface area contributed by atoms with Crippen molar-refractivity contribution in [3.63, 3.8) is 0 Å². The van der Waals surface area contributed by atoms with Gasteiger partial charge in [-0.25, -0.2) is 4.79 Å². The highest BCUT2D eigenvalue weighted by molar-refractivity contribution is 5.90. The van der Waals surface area contributed by atoms with Crippen LogP contribution < -0.4 is 4.74 Å². The Morgan fingerprint density at radius 1 is 0.923 bits per heavy atom. The Labute approximate surface area is 155 Å². The van der Waals surface area contributed by atoms with Gasteiger partial charge in [-0.2, -0.15) is 0 Å². The van der Waals surface area contributed by atoms with Crippen LogP contribution in [-0.2, 0) is 9.53 Å². The monoisotopic (exact) mass is 354 g/mol. The number of rotatable bonds is 8. The van der Waals surface area contributed by atoms with Crippen LogP contribution >= 0.6 is 0 Å². The molecular formula is C22H26O4. The fourth-order valence-corrected chi connectivity index (χ4v) is 2.35. The molecule has 1 atom stereocenters. The molecule has 2 aromatic carbocycles. The number of carbonyl (C=O) groups is 2. The Morgan fingerprint density at radius 2 is 1.50 bits per heavy atom. The SMILES string of the molecule is CCCCC(=O)Oc1ccc(-c2ccc(C(=O)OC(C)CC)cc2)cc1. The molecule has 0 saturated carbocycles. The summed E-state index contributed by atoms with van der Waals surface area (Å²) in [5.41, 5.74) is 2.50. The highest BCUT2D eigenvalue weighted by atomic mass is 16.5. The first-order chi connectivity index (χ1) is 12.5. The van der Waals surface area contributed by atoms with E-state index in [4.69, 9.17) is 9.47 Å². The maximum Gasteiger partial charge on any atom is 0.338 e. The molecule has 0 aromatic heterocycles. The third-order valence-electron chi connectivity index (χ3n) is 4.16. The van der Waals surface area contributed by atoms with E-state index in [0.717, 1.165) is 30.4 Å². The molecule has 0 heterocycles. The average molecular weight is 354 g/mol. The molecule has 2 rings (SSSR count). The second kappa shape index (κ2) is 9.76. The van der Waals surface area contributed by atoms with E-state index in [-0.39, 0.29) is 18.0 Å². The summed E-state index contributed by atoms with van der Waals surface area (Å²) in [6.07, 6.45) is 2.94. The van der Waals surface area contributed by atoms with Crippen LogP contribution in [0.1, 0.15) is 56.8 Å². The van der Waals surface area contributed by atoms with Crippen molar-refractivity contribution in [1.82, 2.24) is 0 Å². The summed E-state index contributed by atoms with van der Waals surface area (Å²) in [7, 11) is 0. The van der Waals surface area contributed by atoms with Crippen LogP contribution in [0.4, 0.5) is 0 Å². The lowest BCUT2D eigenvalue weighted by Gasteiger charge is -2.11. The predicted octanol–water partition coefficient (Wildman–Crippen LogP) is 5.40. The van der Waals surface area contributed by atoms with E-state index in [9.17, 15) is 9.59 Å². The number of benzene rings is 2. The number of carbonyl (C=O) groups excluding carboxylic acids is 2. The van der Waals surface area contributed by atoms with Gasteiger partial charge in [-0.05, 0) is 55.2 Å². The number of unbranched alkanes of at least 4 members (excludes halogenated alkanes) is 1. The lowest BCUT2D eigenvalue weighted by Crippen LogP contribution is -2.13. The zero-order valence-corrected chi connectivity index (χ0v) is 15.7. The summed E-state index contributed by atoms with van der Waals surface area (Å²) >= 11 is 0. The second-order valence-corrected chi connectivity index (χ2v) is 6.30. The number of ether oxygens (including phenoxy) is 2. The van der Waals surface area contributed by atoms with Gasteiger partial charge in [-0.15, -0.1) is 0 Å². The summed E-state index contributed by atoms with van der Waals surface area (Å²) in [5, 5.41) is 0. The van der Waals surface area contributed by atoms with Gasteiger partial charge in [0, 0.05) is 6.42 Å². The Kier molecular flexibility index (Phi) is 7.39. The van der Waals surface area contributed by atoms with Crippen molar-refractivity contribution >= 4 is 11.9 Å². The van der Waals surface area contributed by atoms with Crippen molar-refractivity contribution in [2.45, 2.75) is 52.6 Å². The van der Waals surface area contributed by atoms with Crippen LogP contribution in [0.5, 0.6) is 5.75 Å². The highest BCUT2D eigenvalue weighted by Crippen LogP contribution is 2.23. The maximum absolute atomic E-state index is 12.0. The van der Waals surface area contributed by atoms with Gasteiger partial charge in [-0.1, -0.05) is 44.5 Å². The van der Waals surface area contributed by atoms with Crippen LogP contribution in [0.2, 0.25) is 0 Å². The van der Waals surface area contributed by atoms with Gasteiger partial charge in [-0.3, -0.25) is 4.79 Å². The topological polar surface area (TPSA) is 52.6 Å². The van der Waals surface area contributed by atoms with Gasteiger partial charge in [0.05, 0.1) is 11.7 Å². The molecule has 0 N–H and O–H groups in total. The van der Waals surface area contributed by atoms with Crippen molar-refractivity contribution in [1.29, 1.82) is 0 Å². The average Bonchev–Trinajstić information content (AvgIpc) is 2.67. The summed E-state index contributed by atoms with van der Waals surface area (Å²) in [4.78, 5) is 23.7. The molecule has 2 aromatic rings. The quantitative estimate of drug-likeness (QED) is 0.470. The van der Waals surface area contributed by atoms with Gasteiger partial charge in [0.15, 0.2) is 0 Å². The summed E-state index contributed by atoms with van der Waals surface area (Å²) in [5.74, 6) is 0.0348. The minimum atomic E-state index is -0.305. The highest BCUT2D eigenvalue weighted by Gasteiger charge is 2.11. The fourth-order valence-electron chi connectivity index (χ4n) is 2.35. The van der Waals surface area contributed by atoms with Crippen molar-refractivity contribution < 1.29 is 19.1 Å². The molecule has 26 heavy (non-hydrogen) atoms. The molecule has 0 spiro atoms. The second-order valence-electron chi connectivity index (χ2n) is 6.30. The van der Waals surface area contributed by atoms with E-state index < -0.39 is 0 Å². The largest absolute Gasteiger partial charge is 0.459 e. The smallest absolute Gasteiger partial charge is 0.338 e. The number of esters is 2. The first kappa shape index (κ1) is 19.7. The molecule has 0 aliphatic carbocycles. The van der Waals surface area contributed by atoms with Gasteiger partial charge >= 0.3 is 11.9 Å². The van der Waals surface area contributed by atoms with Crippen LogP contribution in [0.25, 0.3) is 11.1 Å². The van der Waals surface area contributed by atoms with E-state index in [1.54, 1.807) is 24.3 Å². The molecule has 0 fully saturated rings. The molecule has 4 nitrogen and oxygen atoms in total. The third-order valence-corrected chi connectivity index (χ3v) is 4.16. The number of hydrogen-bond acceptors (Lipinski definition) is 4. The van der Waals surface area contributed by atoms with Crippen LogP contribution in [0.3, 0.4) is 0 Å². The van der Waals surface area contributed by atoms with Crippen molar-refractivity contribution in [2.24, 2.45) is 0 Å². The lowest BCUT2D eigenvalue weighted by molar-refractivity contribution is -0.134. The van der Waals surface area contributed by atoms with Gasteiger partial charge < -0.3 is 9.47 Å². The Morgan fingerprint density at radius 3 is 2.04 bits per heavy atom. The van der Waals surface area contributed by atoms with Gasteiger partial charge in [0.1, 0.15) is 5.75 Å². The summed E-state index contributed by atoms with van der Waals surface area (Å²) in [6, 6.07) is 14.7. The van der Waals surface area contributed by atoms with Crippen LogP contribution in [0, 0.1) is 0 Å². The summed E-state index contributed by atoms with van der Waals surface area (Å²) < 4.78 is 10.6. The zero-order chi connectivity index (χ0) is 18.9. The Hall–Kier alpha value is -2.62. The maximum atomic E-state index is 12.0. The van der Waals surface area contributed by atoms with E-state index in [0.29, 0.717) is 17.7 Å². The molecular weight excluding hydrogens is 328 g/mol. The van der Waals surface area contributed by atoms with Gasteiger partial charge in [0.25, 0.3) is 0 Å². The number of hydrogen-bond donors (Lipinski definition) is 0. The van der Waals surface area contributed by atoms with Crippen LogP contribution in [-0.4, -0.2) is 18.0 Å². The van der Waals surface area contributed by atoms with E-state index in [1.165, 1.54) is 0 Å². The fraction of sp³-hybridized carbons (Fsp3) is 0.364. The molecule has 1 unspecified atom stereocenters. The standard InChI is InChI=1S/C22H26O4/c1-4-6-7-21(23)26-20-14-12-18(13-15-20)17-8-10-19(11-9-17)22(24)25-16(3)5-2/h8-16H,4-7H2,1-3H3. The minimum Gasteiger partial charge on any atom is -0.459 e. The molecule has 0 radical (unpaired) electrons. The van der Waals surface area contributed by atoms with Crippen molar-refractivity contribution in [2.75, 3.05) is 0 Å². The molecule has 0 saturated heterocycles. The first-order valence-electron chi connectivity index (χ1n) is 9.15. The molecule has 4 heteroatoms. The van der Waals surface area contributed by atoms with Gasteiger partial charge in [0.2, 0.25) is 0 Å². The third kappa shape index (κ3) is 5.73. The van der Waals surface area contributed by atoms with Crippen molar-refractivity contribution in [3.05, 3.63) is 54.1 Å². The minimum absolute atomic E-state index is 0.0882. The molecule has 138 valence electrons. The Bertz CT molecular complexity index is 717. The van der Waals surface area contributed by atoms with Crippen molar-refractivity contribution in [3.8, 4) is 16.9 Å². The molecule has 0 bridgehead atoms. The van der Waals surface area contributed by atoms with E-state index >= 15 is 0 Å². The molecule has 0 aliphatic heterocycles. The predicted molar refractivity (Wildman–Crippen MR) is 102 cm³/mol. The first-order valence-corrected chi connectivity index (χ1v) is 9.15. The van der Waals surface area contributed by atoms with E-state index in [1.807, 2.05) is 45.0 Å². The zero-order valence-electron chi connectivity index (χ0n) is 15.7. The molecule has 0 amide bonds. The lowest BCUT2D eigenvalue weighted by atomic mass is 10.0. The normalized spacial score (nSPS) is 11.7. The van der Waals surface area contributed by atoms with Crippen LogP contribution in [0.15, 0.2) is 48.5 Å². The molecule has 0 aliphatic rings. The van der Waals surface area contributed by atoms with E-state index in [2.05, 4.69) is 0 Å². The summed E-state index contributed by atoms with van der Waals surface area (Å²) in [6.45, 7) is 5.89. The Balaban J connectivity index is 2.00.